The van der Waals surface area contributed by atoms with Crippen LogP contribution in [0.15, 0.2) is 0 Å². The smallest absolute Gasteiger partial charge is 0.212 e. The van der Waals surface area contributed by atoms with Crippen molar-refractivity contribution in [2.45, 2.75) is 43.0 Å². The maximum atomic E-state index is 13.0. The highest BCUT2D eigenvalue weighted by Crippen LogP contribution is 2.42. The van der Waals surface area contributed by atoms with Gasteiger partial charge < -0.3 is 0 Å². The molecule has 16 heteroatoms. The van der Waals surface area contributed by atoms with Crippen LogP contribution < -0.4 is 4.72 Å². The Morgan fingerprint density at radius 2 is 1.12 bits per heavy atom. The third-order valence-corrected chi connectivity index (χ3v) is 3.69. The van der Waals surface area contributed by atoms with Gasteiger partial charge in [-0.2, -0.15) is 35.1 Å². The Morgan fingerprint density at radius 3 is 1.48 bits per heavy atom. The second kappa shape index (κ2) is 7.00. The molecule has 0 aliphatic carbocycles. The average molecular weight is 423 g/mol. The van der Waals surface area contributed by atoms with Crippen molar-refractivity contribution in [1.82, 2.24) is 4.72 Å². The molecule has 0 aromatic heterocycles. The Bertz CT molecular complexity index is 550. The van der Waals surface area contributed by atoms with Crippen LogP contribution in [0.2, 0.25) is 0 Å². The Kier molecular flexibility index (Phi) is 6.74. The summed E-state index contributed by atoms with van der Waals surface area (Å²) < 4.78 is 170. The highest BCUT2D eigenvalue weighted by molar-refractivity contribution is 7.89. The Labute approximate surface area is 132 Å². The first-order chi connectivity index (χ1) is 10.6. The van der Waals surface area contributed by atoms with Gasteiger partial charge in [-0.3, -0.25) is 0 Å². The topological polar surface area (TPSA) is 46.2 Å². The lowest BCUT2D eigenvalue weighted by molar-refractivity contribution is -0.299. The third kappa shape index (κ3) is 9.37. The zero-order valence-corrected chi connectivity index (χ0v) is 12.4. The van der Waals surface area contributed by atoms with Crippen molar-refractivity contribution in [3.63, 3.8) is 0 Å². The SMILES string of the molecule is O=S(=O)(CC(F)(F)CC(F)(F)F)NCC(F)(F)CC(F)(F)C(F)(F)F. The maximum Gasteiger partial charge on any atom is 0.453 e. The van der Waals surface area contributed by atoms with E-state index < -0.39 is 65.3 Å². The van der Waals surface area contributed by atoms with Crippen molar-refractivity contribution < 1.29 is 61.1 Å². The molecule has 0 rings (SSSR count). The molecule has 25 heavy (non-hydrogen) atoms. The predicted molar refractivity (Wildman–Crippen MR) is 58.0 cm³/mol. The van der Waals surface area contributed by atoms with E-state index in [9.17, 15) is 61.1 Å². The molecule has 0 unspecified atom stereocenters. The summed E-state index contributed by atoms with van der Waals surface area (Å²) in [7, 11) is -5.54. The molecule has 0 aromatic carbocycles. The molecule has 3 nitrogen and oxygen atoms in total. The number of alkyl halides is 12. The van der Waals surface area contributed by atoms with E-state index in [1.807, 2.05) is 0 Å². The van der Waals surface area contributed by atoms with Crippen LogP contribution in [0.5, 0.6) is 0 Å². The van der Waals surface area contributed by atoms with Crippen molar-refractivity contribution in [3.05, 3.63) is 0 Å². The van der Waals surface area contributed by atoms with Gasteiger partial charge in [0, 0.05) is 0 Å². The molecule has 0 fully saturated rings. The monoisotopic (exact) mass is 423 g/mol. The summed E-state index contributed by atoms with van der Waals surface area (Å²) in [5.74, 6) is -18.5. The van der Waals surface area contributed by atoms with E-state index in [0.29, 0.717) is 4.72 Å². The largest absolute Gasteiger partial charge is 0.453 e. The molecule has 0 radical (unpaired) electrons. The van der Waals surface area contributed by atoms with Crippen molar-refractivity contribution in [3.8, 4) is 0 Å². The fraction of sp³-hybridized carbons (Fsp3) is 1.00. The Hall–Kier alpha value is -0.930. The number of hydrogen-bond donors (Lipinski definition) is 1. The lowest BCUT2D eigenvalue weighted by Crippen LogP contribution is -2.47. The standard InChI is InChI=1S/C9H9F12NO2S/c10-5(11,1-7(14,15)9(19,20)21)3-22-25(23,24)4-6(12,13)2-8(16,17)18/h22H,1-4H2. The second-order valence-corrected chi connectivity index (χ2v) is 6.77. The van der Waals surface area contributed by atoms with Gasteiger partial charge in [0.15, 0.2) is 0 Å². The summed E-state index contributed by atoms with van der Waals surface area (Å²) in [4.78, 5) is 0. The van der Waals surface area contributed by atoms with Crippen molar-refractivity contribution >= 4 is 10.0 Å². The van der Waals surface area contributed by atoms with E-state index >= 15 is 0 Å². The van der Waals surface area contributed by atoms with Gasteiger partial charge in [-0.15, -0.1) is 0 Å². The number of halogens is 12. The van der Waals surface area contributed by atoms with Crippen LogP contribution in [-0.4, -0.2) is 50.8 Å². The van der Waals surface area contributed by atoms with Gasteiger partial charge in [0.1, 0.15) is 12.2 Å². The summed E-state index contributed by atoms with van der Waals surface area (Å²) in [6.07, 6.45) is -18.0. The van der Waals surface area contributed by atoms with Crippen LogP contribution in [-0.2, 0) is 10.0 Å². The molecule has 0 amide bonds. The van der Waals surface area contributed by atoms with Crippen LogP contribution in [0.3, 0.4) is 0 Å². The number of hydrogen-bond acceptors (Lipinski definition) is 2. The minimum Gasteiger partial charge on any atom is -0.212 e. The van der Waals surface area contributed by atoms with E-state index in [-0.39, 0.29) is 0 Å². The predicted octanol–water partition coefficient (Wildman–Crippen LogP) is 3.72. The normalized spacial score (nSPS) is 15.5. The zero-order valence-electron chi connectivity index (χ0n) is 11.6. The molecule has 0 aromatic rings. The summed E-state index contributed by atoms with van der Waals surface area (Å²) in [6.45, 7) is -2.44. The lowest BCUT2D eigenvalue weighted by Gasteiger charge is -2.25. The molecule has 152 valence electrons. The van der Waals surface area contributed by atoms with E-state index in [2.05, 4.69) is 0 Å². The van der Waals surface area contributed by atoms with Crippen LogP contribution >= 0.6 is 0 Å². The van der Waals surface area contributed by atoms with E-state index in [4.69, 9.17) is 0 Å². The molecule has 0 saturated heterocycles. The molecular weight excluding hydrogens is 414 g/mol. The third-order valence-electron chi connectivity index (χ3n) is 2.31. The van der Waals surface area contributed by atoms with Gasteiger partial charge in [0.2, 0.25) is 10.0 Å². The quantitative estimate of drug-likeness (QED) is 0.606. The highest BCUT2D eigenvalue weighted by Gasteiger charge is 2.61. The van der Waals surface area contributed by atoms with Crippen molar-refractivity contribution in [2.24, 2.45) is 0 Å². The van der Waals surface area contributed by atoms with Crippen LogP contribution in [0.4, 0.5) is 52.7 Å². The van der Waals surface area contributed by atoms with Crippen molar-refractivity contribution in [1.29, 1.82) is 0 Å². The van der Waals surface area contributed by atoms with E-state index in [1.165, 1.54) is 0 Å². The molecule has 0 spiro atoms. The fourth-order valence-corrected chi connectivity index (χ4v) is 2.57. The van der Waals surface area contributed by atoms with Crippen LogP contribution in [0.1, 0.15) is 12.8 Å². The second-order valence-electron chi connectivity index (χ2n) is 4.96. The molecule has 0 aliphatic heterocycles. The highest BCUT2D eigenvalue weighted by atomic mass is 32.2. The molecule has 0 heterocycles. The number of sulfonamides is 1. The number of nitrogens with one attached hydrogen (secondary N) is 1. The minimum atomic E-state index is -6.38. The van der Waals surface area contributed by atoms with Gasteiger partial charge in [0.05, 0.1) is 13.0 Å². The summed E-state index contributed by atoms with van der Waals surface area (Å²) in [6, 6.07) is 0. The van der Waals surface area contributed by atoms with Crippen molar-refractivity contribution in [2.75, 3.05) is 12.3 Å². The van der Waals surface area contributed by atoms with Gasteiger partial charge >= 0.3 is 18.3 Å². The molecule has 0 saturated carbocycles. The van der Waals surface area contributed by atoms with Crippen LogP contribution in [0, 0.1) is 0 Å². The van der Waals surface area contributed by atoms with Gasteiger partial charge in [-0.1, -0.05) is 0 Å². The molecule has 1 N–H and O–H groups in total. The van der Waals surface area contributed by atoms with Gasteiger partial charge in [-0.05, 0) is 0 Å². The first-order valence-corrected chi connectivity index (χ1v) is 7.47. The van der Waals surface area contributed by atoms with E-state index in [0.717, 1.165) is 0 Å². The van der Waals surface area contributed by atoms with Gasteiger partial charge in [0.25, 0.3) is 11.8 Å². The molecule has 0 atom stereocenters. The minimum absolute atomic E-state index is 0.589. The summed E-state index contributed by atoms with van der Waals surface area (Å²) in [5, 5.41) is 0. The zero-order chi connectivity index (χ0) is 20.5. The molecular formula is C9H9F12NO2S. The number of rotatable bonds is 8. The van der Waals surface area contributed by atoms with Gasteiger partial charge in [-0.25, -0.2) is 30.7 Å². The first kappa shape index (κ1) is 24.1. The summed E-state index contributed by atoms with van der Waals surface area (Å²) >= 11 is 0. The average Bonchev–Trinajstić information content (AvgIpc) is 2.18. The Morgan fingerprint density at radius 1 is 0.680 bits per heavy atom. The lowest BCUT2D eigenvalue weighted by atomic mass is 10.1. The maximum absolute atomic E-state index is 13.0. The molecule has 0 bridgehead atoms. The first-order valence-electron chi connectivity index (χ1n) is 5.82. The van der Waals surface area contributed by atoms with E-state index in [1.54, 1.807) is 0 Å². The fourth-order valence-electron chi connectivity index (χ4n) is 1.38. The molecule has 0 aliphatic rings. The summed E-state index contributed by atoms with van der Waals surface area (Å²) in [5.41, 5.74) is 0. The Balaban J connectivity index is 4.93. The van der Waals surface area contributed by atoms with Crippen LogP contribution in [0.25, 0.3) is 0 Å².